The van der Waals surface area contributed by atoms with E-state index in [1.807, 2.05) is 50.2 Å². The third-order valence-corrected chi connectivity index (χ3v) is 6.27. The molecule has 0 bridgehead atoms. The Labute approximate surface area is 218 Å². The summed E-state index contributed by atoms with van der Waals surface area (Å²) < 4.78 is 23.3. The number of benzene rings is 2. The Morgan fingerprint density at radius 2 is 1.83 bits per heavy atom. The van der Waals surface area contributed by atoms with Crippen molar-refractivity contribution < 1.29 is 23.7 Å². The first kappa shape index (κ1) is 27.9. The lowest BCUT2D eigenvalue weighted by atomic mass is 9.95. The van der Waals surface area contributed by atoms with Crippen molar-refractivity contribution in [1.82, 2.24) is 5.32 Å². The Hall–Kier alpha value is -1.67. The lowest BCUT2D eigenvalue weighted by Crippen LogP contribution is -2.53. The summed E-state index contributed by atoms with van der Waals surface area (Å²) in [6.07, 6.45) is 1.81. The van der Waals surface area contributed by atoms with Gasteiger partial charge < -0.3 is 24.3 Å². The van der Waals surface area contributed by atoms with Crippen LogP contribution in [0.4, 0.5) is 0 Å². The van der Waals surface area contributed by atoms with E-state index >= 15 is 0 Å². The van der Waals surface area contributed by atoms with Crippen LogP contribution in [-0.4, -0.2) is 56.9 Å². The van der Waals surface area contributed by atoms with Gasteiger partial charge in [-0.05, 0) is 61.6 Å². The molecule has 0 saturated carbocycles. The van der Waals surface area contributed by atoms with Gasteiger partial charge in [-0.25, -0.2) is 0 Å². The molecule has 3 rings (SSSR count). The van der Waals surface area contributed by atoms with E-state index in [2.05, 4.69) is 12.2 Å². The van der Waals surface area contributed by atoms with Crippen LogP contribution in [0.2, 0.25) is 10.0 Å². The quantitative estimate of drug-likeness (QED) is 0.363. The first-order valence-corrected chi connectivity index (χ1v) is 12.7. The zero-order valence-electron chi connectivity index (χ0n) is 20.8. The minimum absolute atomic E-state index is 0.0276. The highest BCUT2D eigenvalue weighted by molar-refractivity contribution is 6.35. The van der Waals surface area contributed by atoms with Gasteiger partial charge in [-0.1, -0.05) is 60.8 Å². The Kier molecular flexibility index (Phi) is 10.4. The van der Waals surface area contributed by atoms with Crippen molar-refractivity contribution in [2.75, 3.05) is 26.9 Å². The minimum atomic E-state index is -0.696. The first-order chi connectivity index (χ1) is 16.7. The number of carbonyl (C=O) groups excluding carboxylic acids is 1. The van der Waals surface area contributed by atoms with E-state index in [-0.39, 0.29) is 30.8 Å². The van der Waals surface area contributed by atoms with Crippen LogP contribution >= 0.6 is 23.2 Å². The second kappa shape index (κ2) is 13.0. The van der Waals surface area contributed by atoms with Crippen LogP contribution in [0, 0.1) is 0 Å². The Morgan fingerprint density at radius 3 is 2.40 bits per heavy atom. The molecular formula is C27H35Cl2NO5. The van der Waals surface area contributed by atoms with E-state index in [1.54, 1.807) is 6.07 Å². The van der Waals surface area contributed by atoms with Crippen LogP contribution < -0.4 is 5.32 Å². The fraction of sp³-hybridized carbons (Fsp3) is 0.519. The molecule has 1 aliphatic rings. The molecule has 2 aromatic rings. The highest BCUT2D eigenvalue weighted by atomic mass is 35.5. The van der Waals surface area contributed by atoms with Crippen molar-refractivity contribution in [3.8, 4) is 11.1 Å². The maximum absolute atomic E-state index is 12.5. The molecule has 8 heteroatoms. The van der Waals surface area contributed by atoms with Crippen molar-refractivity contribution in [1.29, 1.82) is 0 Å². The highest BCUT2D eigenvalue weighted by Crippen LogP contribution is 2.30. The molecule has 6 nitrogen and oxygen atoms in total. The number of nitrogens with one attached hydrogen (secondary N) is 1. The summed E-state index contributed by atoms with van der Waals surface area (Å²) in [4.78, 5) is 12.5. The van der Waals surface area contributed by atoms with Gasteiger partial charge in [0.1, 0.15) is 18.8 Å². The molecule has 3 atom stereocenters. The summed E-state index contributed by atoms with van der Waals surface area (Å²) in [7, 11) is 1.50. The highest BCUT2D eigenvalue weighted by Gasteiger charge is 2.41. The van der Waals surface area contributed by atoms with E-state index in [0.717, 1.165) is 29.5 Å². The SMILES string of the molecule is CCCCO[C@@H]([C@@H]1COC(C)(C)O1)[C@@H](Cc1ccc(-c2cc(Cl)cc(Cl)c2)cc1)NC(=O)COC. The van der Waals surface area contributed by atoms with Gasteiger partial charge in [0.2, 0.25) is 5.91 Å². The number of hydrogen-bond donors (Lipinski definition) is 1. The largest absolute Gasteiger partial charge is 0.375 e. The fourth-order valence-corrected chi connectivity index (χ4v) is 4.69. The van der Waals surface area contributed by atoms with Crippen LogP contribution in [0.1, 0.15) is 39.2 Å². The van der Waals surface area contributed by atoms with Gasteiger partial charge in [-0.2, -0.15) is 0 Å². The number of halogens is 2. The van der Waals surface area contributed by atoms with Crippen molar-refractivity contribution in [3.63, 3.8) is 0 Å². The molecule has 35 heavy (non-hydrogen) atoms. The average Bonchev–Trinajstić information content (AvgIpc) is 3.15. The fourth-order valence-electron chi connectivity index (χ4n) is 4.16. The maximum Gasteiger partial charge on any atom is 0.246 e. The minimum Gasteiger partial charge on any atom is -0.375 e. The normalized spacial score (nSPS) is 18.9. The summed E-state index contributed by atoms with van der Waals surface area (Å²) >= 11 is 12.3. The van der Waals surface area contributed by atoms with E-state index in [1.165, 1.54) is 7.11 Å². The molecule has 1 amide bonds. The molecule has 1 fully saturated rings. The van der Waals surface area contributed by atoms with Gasteiger partial charge in [0.05, 0.1) is 12.6 Å². The topological polar surface area (TPSA) is 66.0 Å². The summed E-state index contributed by atoms with van der Waals surface area (Å²) in [5, 5.41) is 4.28. The molecule has 0 aromatic heterocycles. The second-order valence-corrected chi connectivity index (χ2v) is 10.1. The van der Waals surface area contributed by atoms with Gasteiger partial charge in [0.15, 0.2) is 5.79 Å². The number of ether oxygens (including phenoxy) is 4. The van der Waals surface area contributed by atoms with Gasteiger partial charge >= 0.3 is 0 Å². The lowest BCUT2D eigenvalue weighted by molar-refractivity contribution is -0.160. The van der Waals surface area contributed by atoms with Crippen molar-refractivity contribution in [2.24, 2.45) is 0 Å². The number of rotatable bonds is 12. The molecule has 0 aliphatic carbocycles. The molecule has 1 saturated heterocycles. The summed E-state index contributed by atoms with van der Waals surface area (Å²) in [5.41, 5.74) is 2.99. The van der Waals surface area contributed by atoms with Gasteiger partial charge in [0.25, 0.3) is 0 Å². The lowest BCUT2D eigenvalue weighted by Gasteiger charge is -2.32. The van der Waals surface area contributed by atoms with E-state index in [9.17, 15) is 4.79 Å². The van der Waals surface area contributed by atoms with Crippen molar-refractivity contribution in [3.05, 3.63) is 58.1 Å². The van der Waals surface area contributed by atoms with Gasteiger partial charge in [-0.15, -0.1) is 0 Å². The maximum atomic E-state index is 12.5. The molecule has 192 valence electrons. The molecule has 0 radical (unpaired) electrons. The zero-order valence-corrected chi connectivity index (χ0v) is 22.3. The smallest absolute Gasteiger partial charge is 0.246 e. The first-order valence-electron chi connectivity index (χ1n) is 12.0. The summed E-state index contributed by atoms with van der Waals surface area (Å²) in [6, 6.07) is 13.3. The van der Waals surface area contributed by atoms with Gasteiger partial charge in [0, 0.05) is 23.8 Å². The average molecular weight is 524 g/mol. The predicted molar refractivity (Wildman–Crippen MR) is 139 cm³/mol. The third-order valence-electron chi connectivity index (χ3n) is 5.83. The Balaban J connectivity index is 1.83. The standard InChI is InChI=1S/C27H35Cl2NO5/c1-5-6-11-33-26(24-16-34-27(2,3)35-24)23(30-25(31)17-32-4)12-18-7-9-19(10-8-18)20-13-21(28)15-22(29)14-20/h7-10,13-15,23-24,26H,5-6,11-12,16-17H2,1-4H3,(H,30,31)/t23-,24+,26-/m1/s1. The van der Waals surface area contributed by atoms with Crippen LogP contribution in [-0.2, 0) is 30.2 Å². The zero-order chi connectivity index (χ0) is 25.4. The van der Waals surface area contributed by atoms with E-state index in [4.69, 9.17) is 42.1 Å². The monoisotopic (exact) mass is 523 g/mol. The Bertz CT molecular complexity index is 946. The van der Waals surface area contributed by atoms with Crippen molar-refractivity contribution in [2.45, 2.75) is 64.1 Å². The number of unbranched alkanes of at least 4 members (excludes halogenated alkanes) is 1. The Morgan fingerprint density at radius 1 is 1.14 bits per heavy atom. The second-order valence-electron chi connectivity index (χ2n) is 9.22. The molecule has 0 unspecified atom stereocenters. The summed E-state index contributed by atoms with van der Waals surface area (Å²) in [5.74, 6) is -0.900. The number of methoxy groups -OCH3 is 1. The molecular weight excluding hydrogens is 489 g/mol. The van der Waals surface area contributed by atoms with Crippen LogP contribution in [0.5, 0.6) is 0 Å². The van der Waals surface area contributed by atoms with Crippen LogP contribution in [0.3, 0.4) is 0 Å². The van der Waals surface area contributed by atoms with Gasteiger partial charge in [-0.3, -0.25) is 4.79 Å². The summed E-state index contributed by atoms with van der Waals surface area (Å²) in [6.45, 7) is 6.83. The molecule has 0 spiro atoms. The van der Waals surface area contributed by atoms with Crippen molar-refractivity contribution >= 4 is 29.1 Å². The van der Waals surface area contributed by atoms with Crippen LogP contribution in [0.25, 0.3) is 11.1 Å². The molecule has 1 N–H and O–H groups in total. The number of carbonyl (C=O) groups is 1. The number of amides is 1. The number of hydrogen-bond acceptors (Lipinski definition) is 5. The molecule has 1 aliphatic heterocycles. The van der Waals surface area contributed by atoms with E-state index in [0.29, 0.717) is 29.7 Å². The van der Waals surface area contributed by atoms with E-state index < -0.39 is 5.79 Å². The predicted octanol–water partition coefficient (Wildman–Crippen LogP) is 5.67. The molecule has 2 aromatic carbocycles. The third kappa shape index (κ3) is 8.45. The molecule has 1 heterocycles. The van der Waals surface area contributed by atoms with Crippen LogP contribution in [0.15, 0.2) is 42.5 Å².